The summed E-state index contributed by atoms with van der Waals surface area (Å²) in [6.45, 7) is 6.55. The standard InChI is InChI=1S/C13H21N3/c1-11-4-5-12(15-10-11)16-8-6-13(2,14-3)7-9-16/h4-5,10,14H,6-9H2,1-3H3. The molecule has 0 spiro atoms. The van der Waals surface area contributed by atoms with Crippen LogP contribution in [0.25, 0.3) is 0 Å². The van der Waals surface area contributed by atoms with Gasteiger partial charge >= 0.3 is 0 Å². The van der Waals surface area contributed by atoms with E-state index in [1.54, 1.807) is 0 Å². The minimum atomic E-state index is 0.307. The molecule has 1 fully saturated rings. The normalized spacial score (nSPS) is 19.8. The minimum Gasteiger partial charge on any atom is -0.356 e. The number of nitrogens with zero attached hydrogens (tertiary/aromatic N) is 2. The number of aromatic nitrogens is 1. The van der Waals surface area contributed by atoms with Gasteiger partial charge in [0.2, 0.25) is 0 Å². The maximum absolute atomic E-state index is 4.48. The molecule has 1 aromatic rings. The van der Waals surface area contributed by atoms with Gasteiger partial charge in [-0.15, -0.1) is 0 Å². The van der Waals surface area contributed by atoms with Gasteiger partial charge in [-0.2, -0.15) is 0 Å². The molecule has 88 valence electrons. The van der Waals surface area contributed by atoms with Gasteiger partial charge in [0.1, 0.15) is 5.82 Å². The van der Waals surface area contributed by atoms with Gasteiger partial charge < -0.3 is 10.2 Å². The summed E-state index contributed by atoms with van der Waals surface area (Å²) in [5, 5.41) is 3.41. The summed E-state index contributed by atoms with van der Waals surface area (Å²) in [4.78, 5) is 6.85. The van der Waals surface area contributed by atoms with Crippen molar-refractivity contribution < 1.29 is 0 Å². The Labute approximate surface area is 97.9 Å². The Morgan fingerprint density at radius 2 is 2.00 bits per heavy atom. The quantitative estimate of drug-likeness (QED) is 0.824. The van der Waals surface area contributed by atoms with Gasteiger partial charge in [-0.25, -0.2) is 4.98 Å². The van der Waals surface area contributed by atoms with Gasteiger partial charge in [-0.3, -0.25) is 0 Å². The monoisotopic (exact) mass is 219 g/mol. The van der Waals surface area contributed by atoms with E-state index >= 15 is 0 Å². The summed E-state index contributed by atoms with van der Waals surface area (Å²) >= 11 is 0. The molecule has 1 saturated heterocycles. The summed E-state index contributed by atoms with van der Waals surface area (Å²) in [5.74, 6) is 1.11. The van der Waals surface area contributed by atoms with Gasteiger partial charge in [0, 0.05) is 24.8 Å². The molecule has 1 aliphatic heterocycles. The largest absolute Gasteiger partial charge is 0.356 e. The maximum atomic E-state index is 4.48. The zero-order valence-electron chi connectivity index (χ0n) is 10.5. The Kier molecular flexibility index (Phi) is 3.15. The lowest BCUT2D eigenvalue weighted by Gasteiger charge is -2.39. The molecule has 0 aliphatic carbocycles. The highest BCUT2D eigenvalue weighted by Gasteiger charge is 2.28. The number of anilines is 1. The van der Waals surface area contributed by atoms with Gasteiger partial charge in [0.25, 0.3) is 0 Å². The van der Waals surface area contributed by atoms with E-state index in [2.05, 4.69) is 48.2 Å². The van der Waals surface area contributed by atoms with Crippen LogP contribution < -0.4 is 10.2 Å². The van der Waals surface area contributed by atoms with Crippen LogP contribution in [0.4, 0.5) is 5.82 Å². The predicted molar refractivity (Wildman–Crippen MR) is 67.9 cm³/mol. The first-order chi connectivity index (χ1) is 7.63. The Hall–Kier alpha value is -1.09. The lowest BCUT2D eigenvalue weighted by atomic mass is 9.90. The topological polar surface area (TPSA) is 28.2 Å². The molecule has 0 amide bonds. The molecule has 0 bridgehead atoms. The number of piperidine rings is 1. The molecule has 0 radical (unpaired) electrons. The van der Waals surface area contributed by atoms with Crippen molar-refractivity contribution in [3.8, 4) is 0 Å². The second-order valence-electron chi connectivity index (χ2n) is 4.99. The predicted octanol–water partition coefficient (Wildman–Crippen LogP) is 1.97. The molecule has 2 rings (SSSR count). The van der Waals surface area contributed by atoms with E-state index in [4.69, 9.17) is 0 Å². The molecule has 0 unspecified atom stereocenters. The average molecular weight is 219 g/mol. The van der Waals surface area contributed by atoms with Crippen LogP contribution in [0, 0.1) is 6.92 Å². The molecule has 0 aromatic carbocycles. The van der Waals surface area contributed by atoms with E-state index in [0.717, 1.165) is 18.9 Å². The number of nitrogens with one attached hydrogen (secondary N) is 1. The van der Waals surface area contributed by atoms with E-state index in [1.807, 2.05) is 6.20 Å². The minimum absolute atomic E-state index is 0.307. The SMILES string of the molecule is CNC1(C)CCN(c2ccc(C)cn2)CC1. The second kappa shape index (κ2) is 4.42. The number of rotatable bonds is 2. The molecular weight excluding hydrogens is 198 g/mol. The van der Waals surface area contributed by atoms with E-state index in [0.29, 0.717) is 5.54 Å². The fraction of sp³-hybridized carbons (Fsp3) is 0.615. The molecule has 2 heterocycles. The molecule has 0 saturated carbocycles. The first-order valence-electron chi connectivity index (χ1n) is 5.99. The van der Waals surface area contributed by atoms with Gasteiger partial charge in [0.15, 0.2) is 0 Å². The smallest absolute Gasteiger partial charge is 0.128 e. The van der Waals surface area contributed by atoms with Gasteiger partial charge in [0.05, 0.1) is 0 Å². The summed E-state index contributed by atoms with van der Waals surface area (Å²) in [7, 11) is 2.06. The van der Waals surface area contributed by atoms with Crippen LogP contribution in [0.5, 0.6) is 0 Å². The Morgan fingerprint density at radius 3 is 2.50 bits per heavy atom. The van der Waals surface area contributed by atoms with Crippen LogP contribution in [0.3, 0.4) is 0 Å². The zero-order valence-corrected chi connectivity index (χ0v) is 10.5. The van der Waals surface area contributed by atoms with Crippen LogP contribution in [0.2, 0.25) is 0 Å². The molecule has 16 heavy (non-hydrogen) atoms. The van der Waals surface area contributed by atoms with Crippen molar-refractivity contribution in [2.45, 2.75) is 32.2 Å². The van der Waals surface area contributed by atoms with Crippen molar-refractivity contribution in [2.75, 3.05) is 25.0 Å². The maximum Gasteiger partial charge on any atom is 0.128 e. The average Bonchev–Trinajstić information content (AvgIpc) is 2.32. The first kappa shape index (κ1) is 11.4. The van der Waals surface area contributed by atoms with Gasteiger partial charge in [-0.05, 0) is 45.4 Å². The van der Waals surface area contributed by atoms with Crippen LogP contribution >= 0.6 is 0 Å². The molecule has 1 aromatic heterocycles. The third-order valence-corrected chi connectivity index (χ3v) is 3.69. The van der Waals surface area contributed by atoms with Crippen molar-refractivity contribution in [1.29, 1.82) is 0 Å². The van der Waals surface area contributed by atoms with E-state index in [9.17, 15) is 0 Å². The summed E-state index contributed by atoms with van der Waals surface area (Å²) < 4.78 is 0. The van der Waals surface area contributed by atoms with E-state index < -0.39 is 0 Å². The Morgan fingerprint density at radius 1 is 1.31 bits per heavy atom. The van der Waals surface area contributed by atoms with E-state index in [1.165, 1.54) is 18.4 Å². The lowest BCUT2D eigenvalue weighted by molar-refractivity contribution is 0.304. The zero-order chi connectivity index (χ0) is 11.6. The Balaban J connectivity index is 2.01. The third-order valence-electron chi connectivity index (χ3n) is 3.69. The fourth-order valence-electron chi connectivity index (χ4n) is 2.13. The van der Waals surface area contributed by atoms with Crippen LogP contribution in [0.15, 0.2) is 18.3 Å². The highest BCUT2D eigenvalue weighted by atomic mass is 15.2. The molecule has 1 N–H and O–H groups in total. The van der Waals surface area contributed by atoms with Crippen molar-refractivity contribution in [3.63, 3.8) is 0 Å². The third kappa shape index (κ3) is 2.35. The van der Waals surface area contributed by atoms with Crippen LogP contribution in [0.1, 0.15) is 25.3 Å². The summed E-state index contributed by atoms with van der Waals surface area (Å²) in [6, 6.07) is 4.26. The van der Waals surface area contributed by atoms with Crippen LogP contribution in [-0.4, -0.2) is 30.7 Å². The highest BCUT2D eigenvalue weighted by molar-refractivity contribution is 5.39. The van der Waals surface area contributed by atoms with E-state index in [-0.39, 0.29) is 0 Å². The lowest BCUT2D eigenvalue weighted by Crippen LogP contribution is -2.50. The highest BCUT2D eigenvalue weighted by Crippen LogP contribution is 2.24. The molecule has 0 atom stereocenters. The number of pyridine rings is 1. The number of hydrogen-bond acceptors (Lipinski definition) is 3. The summed E-state index contributed by atoms with van der Waals surface area (Å²) in [6.07, 6.45) is 4.30. The second-order valence-corrected chi connectivity index (χ2v) is 4.99. The first-order valence-corrected chi connectivity index (χ1v) is 5.99. The fourth-order valence-corrected chi connectivity index (χ4v) is 2.13. The molecule has 3 nitrogen and oxygen atoms in total. The molecular formula is C13H21N3. The van der Waals surface area contributed by atoms with Crippen LogP contribution in [-0.2, 0) is 0 Å². The van der Waals surface area contributed by atoms with Crippen molar-refractivity contribution in [2.24, 2.45) is 0 Å². The molecule has 3 heteroatoms. The van der Waals surface area contributed by atoms with Gasteiger partial charge in [-0.1, -0.05) is 6.07 Å². The van der Waals surface area contributed by atoms with Crippen molar-refractivity contribution >= 4 is 5.82 Å². The van der Waals surface area contributed by atoms with Crippen molar-refractivity contribution in [1.82, 2.24) is 10.3 Å². The molecule has 1 aliphatic rings. The van der Waals surface area contributed by atoms with Crippen molar-refractivity contribution in [3.05, 3.63) is 23.9 Å². The summed E-state index contributed by atoms with van der Waals surface area (Å²) in [5.41, 5.74) is 1.53. The number of aryl methyl sites for hydroxylation is 1. The Bertz CT molecular complexity index is 337. The number of hydrogen-bond donors (Lipinski definition) is 1.